The maximum Gasteiger partial charge on any atom is 0.267 e. The normalized spacial score (nSPS) is 13.9. The number of thiophene rings is 1. The van der Waals surface area contributed by atoms with Gasteiger partial charge in [-0.15, -0.1) is 11.3 Å². The number of methoxy groups -OCH3 is 1. The molecule has 0 radical (unpaired) electrons. The van der Waals surface area contributed by atoms with E-state index in [1.54, 1.807) is 34.8 Å². The monoisotopic (exact) mass is 463 g/mol. The lowest BCUT2D eigenvalue weighted by molar-refractivity contribution is 0.249. The summed E-state index contributed by atoms with van der Waals surface area (Å²) in [4.78, 5) is 23.3. The highest BCUT2D eigenvalue weighted by atomic mass is 32.2. The summed E-state index contributed by atoms with van der Waals surface area (Å²) in [5.74, 6) is 1.62. The van der Waals surface area contributed by atoms with Gasteiger partial charge < -0.3 is 4.74 Å². The molecule has 3 heterocycles. The van der Waals surface area contributed by atoms with Crippen molar-refractivity contribution in [3.63, 3.8) is 0 Å². The number of hydrogen-bond acceptors (Lipinski definition) is 6. The first kappa shape index (κ1) is 21.2. The van der Waals surface area contributed by atoms with Gasteiger partial charge in [0.25, 0.3) is 5.56 Å². The topological polar surface area (TPSA) is 47.4 Å². The molecule has 0 aliphatic carbocycles. The average Bonchev–Trinajstić information content (AvgIpc) is 3.18. The summed E-state index contributed by atoms with van der Waals surface area (Å²) in [6.07, 6.45) is 0.877. The SMILES string of the molecule is CCSc1nc2sc3c(c2c(=O)n1-c1ccc(OC)cc1)CCN(Cc1ccccc1)C3. The first-order valence-corrected chi connectivity index (χ1v) is 12.6. The molecule has 0 unspecified atom stereocenters. The van der Waals surface area contributed by atoms with Gasteiger partial charge in [0.15, 0.2) is 5.16 Å². The van der Waals surface area contributed by atoms with E-state index in [0.29, 0.717) is 0 Å². The Bertz CT molecular complexity index is 1300. The third kappa shape index (κ3) is 3.96. The smallest absolute Gasteiger partial charge is 0.267 e. The highest BCUT2D eigenvalue weighted by molar-refractivity contribution is 7.99. The number of aromatic nitrogens is 2. The zero-order valence-corrected chi connectivity index (χ0v) is 19.8. The van der Waals surface area contributed by atoms with Crippen LogP contribution in [0.3, 0.4) is 0 Å². The second-order valence-electron chi connectivity index (χ2n) is 7.80. The minimum Gasteiger partial charge on any atom is -0.497 e. The van der Waals surface area contributed by atoms with Crippen LogP contribution in [0.15, 0.2) is 64.5 Å². The lowest BCUT2D eigenvalue weighted by Crippen LogP contribution is -2.30. The standard InChI is InChI=1S/C25H25N3O2S2/c1-3-31-25-26-23-22(24(29)28(25)18-9-11-19(30-2)12-10-18)20-13-14-27(16-21(20)32-23)15-17-7-5-4-6-8-17/h4-12H,3,13-16H2,1-2H3. The van der Waals surface area contributed by atoms with Gasteiger partial charge in [-0.1, -0.05) is 49.0 Å². The summed E-state index contributed by atoms with van der Waals surface area (Å²) in [6, 6.07) is 18.2. The molecule has 5 rings (SSSR count). The molecule has 0 amide bonds. The molecule has 0 spiro atoms. The van der Waals surface area contributed by atoms with Gasteiger partial charge in [0.2, 0.25) is 0 Å². The van der Waals surface area contributed by atoms with Crippen LogP contribution in [0.5, 0.6) is 5.75 Å². The summed E-state index contributed by atoms with van der Waals surface area (Å²) in [7, 11) is 1.64. The zero-order chi connectivity index (χ0) is 22.1. The maximum atomic E-state index is 13.8. The number of ether oxygens (including phenoxy) is 1. The Balaban J connectivity index is 1.56. The predicted molar refractivity (Wildman–Crippen MR) is 132 cm³/mol. The zero-order valence-electron chi connectivity index (χ0n) is 18.2. The first-order chi connectivity index (χ1) is 15.7. The molecule has 0 saturated heterocycles. The summed E-state index contributed by atoms with van der Waals surface area (Å²) in [5, 5.41) is 1.54. The maximum absolute atomic E-state index is 13.8. The quantitative estimate of drug-likeness (QED) is 0.293. The lowest BCUT2D eigenvalue weighted by Gasteiger charge is -2.26. The van der Waals surface area contributed by atoms with Crippen molar-refractivity contribution in [2.24, 2.45) is 0 Å². The van der Waals surface area contributed by atoms with Crippen LogP contribution in [0.1, 0.15) is 22.9 Å². The highest BCUT2D eigenvalue weighted by Gasteiger charge is 2.25. The number of fused-ring (bicyclic) bond motifs is 3. The Morgan fingerprint density at radius 2 is 1.91 bits per heavy atom. The largest absolute Gasteiger partial charge is 0.497 e. The summed E-state index contributed by atoms with van der Waals surface area (Å²) in [5.41, 5.74) is 3.36. The molecule has 1 aliphatic rings. The van der Waals surface area contributed by atoms with Gasteiger partial charge in [0.1, 0.15) is 10.6 Å². The third-order valence-electron chi connectivity index (χ3n) is 5.78. The Morgan fingerprint density at radius 1 is 1.12 bits per heavy atom. The van der Waals surface area contributed by atoms with Crippen molar-refractivity contribution in [2.45, 2.75) is 31.6 Å². The molecular formula is C25H25N3O2S2. The van der Waals surface area contributed by atoms with Gasteiger partial charge in [-0.25, -0.2) is 4.98 Å². The number of rotatable bonds is 6. The minimum atomic E-state index is 0.0325. The predicted octanol–water partition coefficient (Wildman–Crippen LogP) is 5.13. The van der Waals surface area contributed by atoms with Crippen LogP contribution in [-0.4, -0.2) is 33.9 Å². The van der Waals surface area contributed by atoms with Crippen molar-refractivity contribution < 1.29 is 4.74 Å². The second-order valence-corrected chi connectivity index (χ2v) is 10.1. The fraction of sp³-hybridized carbons (Fsp3) is 0.280. The molecule has 2 aromatic carbocycles. The van der Waals surface area contributed by atoms with E-state index in [-0.39, 0.29) is 5.56 Å². The molecule has 2 aromatic heterocycles. The van der Waals surface area contributed by atoms with E-state index >= 15 is 0 Å². The van der Waals surface area contributed by atoms with E-state index in [4.69, 9.17) is 9.72 Å². The van der Waals surface area contributed by atoms with Gasteiger partial charge in [0, 0.05) is 24.5 Å². The van der Waals surface area contributed by atoms with Crippen molar-refractivity contribution in [1.82, 2.24) is 14.5 Å². The van der Waals surface area contributed by atoms with Gasteiger partial charge in [-0.3, -0.25) is 14.3 Å². The molecule has 164 valence electrons. The van der Waals surface area contributed by atoms with E-state index in [1.807, 2.05) is 24.3 Å². The van der Waals surface area contributed by atoms with Crippen molar-refractivity contribution in [3.05, 3.63) is 81.0 Å². The molecule has 0 atom stereocenters. The fourth-order valence-corrected chi connectivity index (χ4v) is 6.28. The van der Waals surface area contributed by atoms with Gasteiger partial charge in [0.05, 0.1) is 18.2 Å². The van der Waals surface area contributed by atoms with E-state index in [2.05, 4.69) is 42.2 Å². The molecule has 0 saturated carbocycles. The summed E-state index contributed by atoms with van der Waals surface area (Å²) in [6.45, 7) is 4.82. The summed E-state index contributed by atoms with van der Waals surface area (Å²) < 4.78 is 7.05. The molecule has 7 heteroatoms. The van der Waals surface area contributed by atoms with Crippen LogP contribution < -0.4 is 10.3 Å². The Morgan fingerprint density at radius 3 is 2.62 bits per heavy atom. The Labute approximate surface area is 195 Å². The summed E-state index contributed by atoms with van der Waals surface area (Å²) >= 11 is 3.28. The van der Waals surface area contributed by atoms with Crippen molar-refractivity contribution in [2.75, 3.05) is 19.4 Å². The van der Waals surface area contributed by atoms with Crippen molar-refractivity contribution in [3.8, 4) is 11.4 Å². The Kier molecular flexibility index (Phi) is 6.04. The average molecular weight is 464 g/mol. The Hall–Kier alpha value is -2.61. The van der Waals surface area contributed by atoms with E-state index in [0.717, 1.165) is 58.6 Å². The fourth-order valence-electron chi connectivity index (χ4n) is 4.24. The number of nitrogens with zero attached hydrogens (tertiary/aromatic N) is 3. The van der Waals surface area contributed by atoms with Gasteiger partial charge in [-0.2, -0.15) is 0 Å². The van der Waals surface area contributed by atoms with E-state index in [1.165, 1.54) is 16.0 Å². The lowest BCUT2D eigenvalue weighted by atomic mass is 10.0. The van der Waals surface area contributed by atoms with E-state index < -0.39 is 0 Å². The van der Waals surface area contributed by atoms with Crippen molar-refractivity contribution in [1.29, 1.82) is 0 Å². The van der Waals surface area contributed by atoms with Gasteiger partial charge >= 0.3 is 0 Å². The first-order valence-electron chi connectivity index (χ1n) is 10.8. The van der Waals surface area contributed by atoms with E-state index in [9.17, 15) is 4.79 Å². The highest BCUT2D eigenvalue weighted by Crippen LogP contribution is 2.34. The van der Waals surface area contributed by atoms with Crippen LogP contribution in [0.2, 0.25) is 0 Å². The molecular weight excluding hydrogens is 438 g/mol. The second kappa shape index (κ2) is 9.10. The number of benzene rings is 2. The van der Waals surface area contributed by atoms with Crippen LogP contribution in [0.4, 0.5) is 0 Å². The molecule has 0 fully saturated rings. The van der Waals surface area contributed by atoms with Gasteiger partial charge in [-0.05, 0) is 47.6 Å². The molecule has 0 N–H and O–H groups in total. The van der Waals surface area contributed by atoms with Crippen molar-refractivity contribution >= 4 is 33.3 Å². The third-order valence-corrected chi connectivity index (χ3v) is 7.71. The van der Waals surface area contributed by atoms with Crippen LogP contribution in [0, 0.1) is 0 Å². The van der Waals surface area contributed by atoms with Crippen LogP contribution in [0.25, 0.3) is 15.9 Å². The molecule has 5 nitrogen and oxygen atoms in total. The number of thioether (sulfide) groups is 1. The van der Waals surface area contributed by atoms with Crippen LogP contribution >= 0.6 is 23.1 Å². The molecule has 1 aliphatic heterocycles. The minimum absolute atomic E-state index is 0.0325. The van der Waals surface area contributed by atoms with Crippen LogP contribution in [-0.2, 0) is 19.5 Å². The molecule has 4 aromatic rings. The number of hydrogen-bond donors (Lipinski definition) is 0. The molecule has 0 bridgehead atoms. The molecule has 32 heavy (non-hydrogen) atoms.